The van der Waals surface area contributed by atoms with Gasteiger partial charge in [0.15, 0.2) is 5.78 Å². The molecule has 3 amide bonds. The van der Waals surface area contributed by atoms with Crippen molar-refractivity contribution in [2.45, 2.75) is 76.1 Å². The second-order valence-electron chi connectivity index (χ2n) is 11.2. The number of amides is 3. The van der Waals surface area contributed by atoms with E-state index in [0.717, 1.165) is 36.8 Å². The number of morpholine rings is 1. The minimum atomic E-state index is -0.906. The van der Waals surface area contributed by atoms with Crippen LogP contribution in [0.15, 0.2) is 42.0 Å². The molecule has 2 saturated heterocycles. The van der Waals surface area contributed by atoms with E-state index < -0.39 is 35.5 Å². The van der Waals surface area contributed by atoms with Gasteiger partial charge < -0.3 is 25.4 Å². The predicted octanol–water partition coefficient (Wildman–Crippen LogP) is 1.28. The zero-order chi connectivity index (χ0) is 28.5. The first kappa shape index (κ1) is 29.9. The number of ether oxygens (including phenoxy) is 2. The highest BCUT2D eigenvalue weighted by Crippen LogP contribution is 2.29. The van der Waals surface area contributed by atoms with E-state index in [4.69, 9.17) is 9.47 Å². The number of hydrogen-bond donors (Lipinski definition) is 3. The summed E-state index contributed by atoms with van der Waals surface area (Å²) in [5, 5.41) is 8.52. The Hall–Kier alpha value is -3.08. The largest absolute Gasteiger partial charge is 0.379 e. The Balaban J connectivity index is 1.42. The lowest BCUT2D eigenvalue weighted by molar-refractivity contribution is -0.134. The number of hydrogen-bond acceptors (Lipinski definition) is 7. The Morgan fingerprint density at radius 1 is 0.950 bits per heavy atom. The monoisotopic (exact) mass is 554 g/mol. The maximum absolute atomic E-state index is 13.7. The molecule has 2 heterocycles. The number of nitrogens with zero attached hydrogens (tertiary/aromatic N) is 1. The summed E-state index contributed by atoms with van der Waals surface area (Å²) >= 11 is 0. The molecule has 3 N–H and O–H groups in total. The summed E-state index contributed by atoms with van der Waals surface area (Å²) in [5.41, 5.74) is 1.12. The van der Waals surface area contributed by atoms with Crippen molar-refractivity contribution >= 4 is 23.5 Å². The number of allylic oxidation sites excluding steroid dienone is 1. The normalized spacial score (nSPS) is 23.2. The lowest BCUT2D eigenvalue weighted by Crippen LogP contribution is -2.57. The van der Waals surface area contributed by atoms with Gasteiger partial charge in [-0.2, -0.15) is 0 Å². The lowest BCUT2D eigenvalue weighted by Gasteiger charge is -2.27. The number of carbonyl (C=O) groups excluding carboxylic acids is 4. The molecular formula is C30H42N4O6. The van der Waals surface area contributed by atoms with Gasteiger partial charge in [-0.25, -0.2) is 0 Å². The van der Waals surface area contributed by atoms with Crippen molar-refractivity contribution in [3.05, 3.63) is 47.5 Å². The molecule has 0 aromatic heterocycles. The summed E-state index contributed by atoms with van der Waals surface area (Å²) in [4.78, 5) is 54.6. The van der Waals surface area contributed by atoms with E-state index in [9.17, 15) is 19.2 Å². The lowest BCUT2D eigenvalue weighted by atomic mass is 9.92. The molecule has 1 aliphatic carbocycles. The first-order valence-corrected chi connectivity index (χ1v) is 14.3. The van der Waals surface area contributed by atoms with Crippen LogP contribution in [-0.2, 0) is 35.1 Å². The first-order valence-electron chi connectivity index (χ1n) is 14.3. The molecule has 3 aliphatic rings. The molecule has 1 aromatic rings. The molecule has 4 unspecified atom stereocenters. The van der Waals surface area contributed by atoms with Gasteiger partial charge in [-0.05, 0) is 57.9 Å². The molecule has 0 saturated carbocycles. The van der Waals surface area contributed by atoms with Gasteiger partial charge in [-0.3, -0.25) is 24.1 Å². The summed E-state index contributed by atoms with van der Waals surface area (Å²) in [6.45, 7) is 6.32. The van der Waals surface area contributed by atoms with Gasteiger partial charge in [-0.15, -0.1) is 0 Å². The van der Waals surface area contributed by atoms with E-state index in [1.54, 1.807) is 13.8 Å². The van der Waals surface area contributed by atoms with Gasteiger partial charge in [0, 0.05) is 13.1 Å². The van der Waals surface area contributed by atoms with E-state index in [0.29, 0.717) is 45.8 Å². The van der Waals surface area contributed by atoms with Crippen LogP contribution in [0.3, 0.4) is 0 Å². The second kappa shape index (κ2) is 14.0. The van der Waals surface area contributed by atoms with Gasteiger partial charge >= 0.3 is 0 Å². The molecule has 0 radical (unpaired) electrons. The highest BCUT2D eigenvalue weighted by molar-refractivity contribution is 5.98. The first-order chi connectivity index (χ1) is 19.2. The maximum Gasteiger partial charge on any atom is 0.243 e. The quantitative estimate of drug-likeness (QED) is 0.248. The third-order valence-electron chi connectivity index (χ3n) is 7.74. The number of Topliss-reactive ketones (excluding diaryl/α,β-unsaturated/α-hetero) is 1. The Kier molecular flexibility index (Phi) is 10.5. The fraction of sp³-hybridized carbons (Fsp3) is 0.600. The summed E-state index contributed by atoms with van der Waals surface area (Å²) in [6.07, 6.45) is 6.75. The minimum Gasteiger partial charge on any atom is -0.379 e. The maximum atomic E-state index is 13.7. The molecule has 10 nitrogen and oxygen atoms in total. The van der Waals surface area contributed by atoms with Gasteiger partial charge in [-0.1, -0.05) is 42.0 Å². The number of carbonyl (C=O) groups is 4. The number of nitrogens with one attached hydrogen (secondary N) is 3. The average Bonchev–Trinajstić information content (AvgIpc) is 3.71. The van der Waals surface area contributed by atoms with E-state index in [1.165, 1.54) is 0 Å². The van der Waals surface area contributed by atoms with E-state index >= 15 is 0 Å². The molecule has 218 valence electrons. The molecule has 4 rings (SSSR count). The van der Waals surface area contributed by atoms with E-state index in [-0.39, 0.29) is 18.2 Å². The Bertz CT molecular complexity index is 1080. The summed E-state index contributed by atoms with van der Waals surface area (Å²) in [5.74, 6) is -1.32. The fourth-order valence-electron chi connectivity index (χ4n) is 5.12. The molecule has 4 atom stereocenters. The fourth-order valence-corrected chi connectivity index (χ4v) is 5.12. The highest BCUT2D eigenvalue weighted by atomic mass is 16.6. The molecule has 2 fully saturated rings. The Morgan fingerprint density at radius 2 is 1.65 bits per heavy atom. The third kappa shape index (κ3) is 8.71. The van der Waals surface area contributed by atoms with Crippen LogP contribution in [0.4, 0.5) is 0 Å². The van der Waals surface area contributed by atoms with Gasteiger partial charge in [0.05, 0.1) is 32.4 Å². The van der Waals surface area contributed by atoms with Crippen LogP contribution in [0.1, 0.15) is 51.5 Å². The molecular weight excluding hydrogens is 512 g/mol. The van der Waals surface area contributed by atoms with Crippen molar-refractivity contribution in [1.29, 1.82) is 0 Å². The number of epoxide rings is 1. The SMILES string of the molecule is CC(NC(=O)CN1CCOCC1)C(=O)NC(CC1=CCCCC1)C(=O)NC(Cc1ccccc1)C(=O)C1(C)CO1. The molecule has 1 aromatic carbocycles. The van der Waals surface area contributed by atoms with E-state index in [1.807, 2.05) is 35.2 Å². The summed E-state index contributed by atoms with van der Waals surface area (Å²) in [7, 11) is 0. The van der Waals surface area contributed by atoms with Crippen LogP contribution in [0, 0.1) is 0 Å². The number of rotatable bonds is 13. The van der Waals surface area contributed by atoms with Crippen LogP contribution < -0.4 is 16.0 Å². The van der Waals surface area contributed by atoms with Gasteiger partial charge in [0.25, 0.3) is 0 Å². The predicted molar refractivity (Wildman–Crippen MR) is 149 cm³/mol. The van der Waals surface area contributed by atoms with Crippen molar-refractivity contribution in [2.24, 2.45) is 0 Å². The highest BCUT2D eigenvalue weighted by Gasteiger charge is 2.50. The second-order valence-corrected chi connectivity index (χ2v) is 11.2. The zero-order valence-electron chi connectivity index (χ0n) is 23.6. The zero-order valence-corrected chi connectivity index (χ0v) is 23.6. The number of benzene rings is 1. The average molecular weight is 555 g/mol. The Labute approximate surface area is 236 Å². The molecule has 10 heteroatoms. The van der Waals surface area contributed by atoms with Crippen LogP contribution >= 0.6 is 0 Å². The van der Waals surface area contributed by atoms with Crippen molar-refractivity contribution in [3.63, 3.8) is 0 Å². The van der Waals surface area contributed by atoms with Gasteiger partial charge in [0.2, 0.25) is 17.7 Å². The molecule has 0 bridgehead atoms. The molecule has 40 heavy (non-hydrogen) atoms. The molecule has 2 aliphatic heterocycles. The van der Waals surface area contributed by atoms with Gasteiger partial charge in [0.1, 0.15) is 17.7 Å². The van der Waals surface area contributed by atoms with Crippen LogP contribution in [0.25, 0.3) is 0 Å². The molecule has 0 spiro atoms. The van der Waals surface area contributed by atoms with Crippen molar-refractivity contribution in [2.75, 3.05) is 39.5 Å². The smallest absolute Gasteiger partial charge is 0.243 e. The van der Waals surface area contributed by atoms with Crippen LogP contribution in [0.5, 0.6) is 0 Å². The standard InChI is InChI=1S/C30H42N4O6/c1-21(31-26(35)19-34-13-15-39-16-14-34)28(37)33-25(18-23-11-7-4-8-12-23)29(38)32-24(27(36)30(2)20-40-30)17-22-9-5-3-6-10-22/h3,5-6,9-11,21,24-25H,4,7-8,12-20H2,1-2H3,(H,31,35)(H,32,38)(H,33,37). The number of ketones is 1. The third-order valence-corrected chi connectivity index (χ3v) is 7.74. The minimum absolute atomic E-state index is 0.182. The summed E-state index contributed by atoms with van der Waals surface area (Å²) in [6, 6.07) is 7.00. The van der Waals surface area contributed by atoms with Crippen LogP contribution in [-0.4, -0.2) is 91.6 Å². The van der Waals surface area contributed by atoms with Crippen molar-refractivity contribution in [3.8, 4) is 0 Å². The topological polar surface area (TPSA) is 129 Å². The van der Waals surface area contributed by atoms with Crippen molar-refractivity contribution < 1.29 is 28.7 Å². The van der Waals surface area contributed by atoms with Crippen molar-refractivity contribution in [1.82, 2.24) is 20.9 Å². The van der Waals surface area contributed by atoms with Crippen LogP contribution in [0.2, 0.25) is 0 Å². The van der Waals surface area contributed by atoms with E-state index in [2.05, 4.69) is 22.0 Å². The Morgan fingerprint density at radius 3 is 2.30 bits per heavy atom. The summed E-state index contributed by atoms with van der Waals surface area (Å²) < 4.78 is 10.7.